The zero-order valence-electron chi connectivity index (χ0n) is 11.4. The van der Waals surface area contributed by atoms with Gasteiger partial charge in [0, 0.05) is 6.54 Å². The molecule has 1 aromatic rings. The first-order chi connectivity index (χ1) is 8.61. The highest BCUT2D eigenvalue weighted by molar-refractivity contribution is 5.85. The minimum absolute atomic E-state index is 0. The number of benzene rings is 1. The van der Waals surface area contributed by atoms with Crippen LogP contribution < -0.4 is 11.1 Å². The summed E-state index contributed by atoms with van der Waals surface area (Å²) < 4.78 is 0. The molecule has 3 nitrogen and oxygen atoms in total. The highest BCUT2D eigenvalue weighted by atomic mass is 35.5. The lowest BCUT2D eigenvalue weighted by molar-refractivity contribution is -0.122. The largest absolute Gasteiger partial charge is 0.354 e. The molecule has 2 rings (SSSR count). The first-order valence-corrected chi connectivity index (χ1v) is 6.69. The summed E-state index contributed by atoms with van der Waals surface area (Å²) >= 11 is 0. The van der Waals surface area contributed by atoms with Gasteiger partial charge in [0.1, 0.15) is 6.04 Å². The van der Waals surface area contributed by atoms with Crippen LogP contribution in [0.25, 0.3) is 0 Å². The third-order valence-corrected chi connectivity index (χ3v) is 3.94. The van der Waals surface area contributed by atoms with E-state index in [-0.39, 0.29) is 23.7 Å². The molecule has 0 heterocycles. The van der Waals surface area contributed by atoms with Crippen LogP contribution in [0.15, 0.2) is 30.3 Å². The van der Waals surface area contributed by atoms with Crippen molar-refractivity contribution in [3.63, 3.8) is 0 Å². The Labute approximate surface area is 121 Å². The molecule has 1 fully saturated rings. The number of amides is 1. The van der Waals surface area contributed by atoms with E-state index in [0.29, 0.717) is 0 Å². The maximum atomic E-state index is 12.0. The first-order valence-electron chi connectivity index (χ1n) is 6.69. The average Bonchev–Trinajstić information content (AvgIpc) is 2.83. The van der Waals surface area contributed by atoms with Crippen molar-refractivity contribution in [2.24, 2.45) is 11.1 Å². The molecule has 0 aromatic heterocycles. The van der Waals surface area contributed by atoms with Crippen molar-refractivity contribution in [2.75, 3.05) is 6.54 Å². The van der Waals surface area contributed by atoms with Gasteiger partial charge in [0.2, 0.25) is 5.91 Å². The minimum Gasteiger partial charge on any atom is -0.354 e. The standard InChI is InChI=1S/C15H22N2O.ClH/c1-15(9-5-6-10-15)11-17-14(18)13(16)12-7-3-2-4-8-12;/h2-4,7-8,13H,5-6,9-11,16H2,1H3,(H,17,18);1H. The van der Waals surface area contributed by atoms with Crippen LogP contribution in [0.4, 0.5) is 0 Å². The smallest absolute Gasteiger partial charge is 0.241 e. The summed E-state index contributed by atoms with van der Waals surface area (Å²) in [7, 11) is 0. The van der Waals surface area contributed by atoms with Crippen molar-refractivity contribution in [3.8, 4) is 0 Å². The summed E-state index contributed by atoms with van der Waals surface area (Å²) in [6.07, 6.45) is 4.95. The van der Waals surface area contributed by atoms with Gasteiger partial charge in [-0.05, 0) is 23.8 Å². The monoisotopic (exact) mass is 282 g/mol. The Kier molecular flexibility index (Phi) is 5.83. The van der Waals surface area contributed by atoms with Gasteiger partial charge in [0.25, 0.3) is 0 Å². The number of carbonyl (C=O) groups excluding carboxylic acids is 1. The van der Waals surface area contributed by atoms with Crippen LogP contribution in [0.5, 0.6) is 0 Å². The molecule has 1 aromatic carbocycles. The number of hydrogen-bond acceptors (Lipinski definition) is 2. The molecule has 1 unspecified atom stereocenters. The highest BCUT2D eigenvalue weighted by Crippen LogP contribution is 2.36. The predicted molar refractivity (Wildman–Crippen MR) is 80.2 cm³/mol. The van der Waals surface area contributed by atoms with E-state index in [0.717, 1.165) is 12.1 Å². The Bertz CT molecular complexity index is 402. The molecule has 4 heteroatoms. The summed E-state index contributed by atoms with van der Waals surface area (Å²) in [4.78, 5) is 12.0. The lowest BCUT2D eigenvalue weighted by Gasteiger charge is -2.24. The predicted octanol–water partition coefficient (Wildman–Crippen LogP) is 2.80. The number of nitrogens with two attached hydrogens (primary N) is 1. The molecular formula is C15H23ClN2O. The molecule has 19 heavy (non-hydrogen) atoms. The van der Waals surface area contributed by atoms with Crippen LogP contribution in [0, 0.1) is 5.41 Å². The van der Waals surface area contributed by atoms with E-state index in [9.17, 15) is 4.79 Å². The van der Waals surface area contributed by atoms with Crippen molar-refractivity contribution >= 4 is 18.3 Å². The Hall–Kier alpha value is -1.06. The lowest BCUT2D eigenvalue weighted by atomic mass is 9.89. The van der Waals surface area contributed by atoms with E-state index in [1.807, 2.05) is 30.3 Å². The number of carbonyl (C=O) groups is 1. The van der Waals surface area contributed by atoms with Gasteiger partial charge in [-0.1, -0.05) is 50.1 Å². The van der Waals surface area contributed by atoms with E-state index >= 15 is 0 Å². The van der Waals surface area contributed by atoms with Crippen LogP contribution in [0.3, 0.4) is 0 Å². The summed E-state index contributed by atoms with van der Waals surface area (Å²) in [5.74, 6) is -0.0747. The van der Waals surface area contributed by atoms with Crippen molar-refractivity contribution < 1.29 is 4.79 Å². The summed E-state index contributed by atoms with van der Waals surface area (Å²) in [5.41, 5.74) is 7.09. The number of halogens is 1. The Morgan fingerprint density at radius 1 is 1.32 bits per heavy atom. The topological polar surface area (TPSA) is 55.1 Å². The van der Waals surface area contributed by atoms with Gasteiger partial charge in [-0.15, -0.1) is 12.4 Å². The fourth-order valence-corrected chi connectivity index (χ4v) is 2.63. The first kappa shape index (κ1) is 16.0. The average molecular weight is 283 g/mol. The molecule has 0 aliphatic heterocycles. The molecule has 1 amide bonds. The van der Waals surface area contributed by atoms with Crippen molar-refractivity contribution in [1.29, 1.82) is 0 Å². The third kappa shape index (κ3) is 4.22. The van der Waals surface area contributed by atoms with Crippen LogP contribution in [-0.4, -0.2) is 12.5 Å². The molecule has 3 N–H and O–H groups in total. The van der Waals surface area contributed by atoms with E-state index in [1.54, 1.807) is 0 Å². The van der Waals surface area contributed by atoms with Gasteiger partial charge in [-0.2, -0.15) is 0 Å². The van der Waals surface area contributed by atoms with E-state index in [4.69, 9.17) is 5.73 Å². The van der Waals surface area contributed by atoms with Crippen LogP contribution in [-0.2, 0) is 4.79 Å². The fraction of sp³-hybridized carbons (Fsp3) is 0.533. The van der Waals surface area contributed by atoms with Gasteiger partial charge in [0.15, 0.2) is 0 Å². The van der Waals surface area contributed by atoms with Gasteiger partial charge in [0.05, 0.1) is 0 Å². The molecule has 1 saturated carbocycles. The zero-order chi connectivity index (χ0) is 13.0. The lowest BCUT2D eigenvalue weighted by Crippen LogP contribution is -2.39. The van der Waals surface area contributed by atoms with Crippen molar-refractivity contribution in [2.45, 2.75) is 38.6 Å². The summed E-state index contributed by atoms with van der Waals surface area (Å²) in [6.45, 7) is 2.99. The minimum atomic E-state index is -0.559. The Morgan fingerprint density at radius 3 is 2.47 bits per heavy atom. The molecule has 0 bridgehead atoms. The fourth-order valence-electron chi connectivity index (χ4n) is 2.63. The van der Waals surface area contributed by atoms with Crippen LogP contribution in [0.1, 0.15) is 44.2 Å². The van der Waals surface area contributed by atoms with Gasteiger partial charge < -0.3 is 11.1 Å². The molecule has 0 radical (unpaired) electrons. The molecule has 1 aliphatic rings. The van der Waals surface area contributed by atoms with E-state index in [2.05, 4.69) is 12.2 Å². The second-order valence-electron chi connectivity index (χ2n) is 5.62. The molecule has 0 spiro atoms. The van der Waals surface area contributed by atoms with Crippen molar-refractivity contribution in [3.05, 3.63) is 35.9 Å². The molecule has 106 valence electrons. The van der Waals surface area contributed by atoms with Crippen LogP contribution >= 0.6 is 12.4 Å². The number of nitrogens with one attached hydrogen (secondary N) is 1. The summed E-state index contributed by atoms with van der Waals surface area (Å²) in [5, 5.41) is 3.00. The second-order valence-corrected chi connectivity index (χ2v) is 5.62. The maximum Gasteiger partial charge on any atom is 0.241 e. The summed E-state index contributed by atoms with van der Waals surface area (Å²) in [6, 6.07) is 8.95. The van der Waals surface area contributed by atoms with Gasteiger partial charge >= 0.3 is 0 Å². The van der Waals surface area contributed by atoms with E-state index < -0.39 is 6.04 Å². The Morgan fingerprint density at radius 2 is 1.89 bits per heavy atom. The maximum absolute atomic E-state index is 12.0. The van der Waals surface area contributed by atoms with Crippen molar-refractivity contribution in [1.82, 2.24) is 5.32 Å². The number of hydrogen-bond donors (Lipinski definition) is 2. The van der Waals surface area contributed by atoms with Crippen LogP contribution in [0.2, 0.25) is 0 Å². The highest BCUT2D eigenvalue weighted by Gasteiger charge is 2.29. The van der Waals surface area contributed by atoms with Gasteiger partial charge in [-0.3, -0.25) is 4.79 Å². The SMILES string of the molecule is CC1(CNC(=O)C(N)c2ccccc2)CCCC1.Cl. The second kappa shape index (κ2) is 6.92. The normalized spacial score (nSPS) is 18.4. The molecule has 1 atom stereocenters. The quantitative estimate of drug-likeness (QED) is 0.892. The zero-order valence-corrected chi connectivity index (χ0v) is 12.2. The molecule has 0 saturated heterocycles. The molecular weight excluding hydrogens is 260 g/mol. The molecule has 1 aliphatic carbocycles. The third-order valence-electron chi connectivity index (χ3n) is 3.94. The van der Waals surface area contributed by atoms with Gasteiger partial charge in [-0.25, -0.2) is 0 Å². The number of rotatable bonds is 4. The Balaban J connectivity index is 0.00000180. The van der Waals surface area contributed by atoms with E-state index in [1.165, 1.54) is 25.7 Å².